The molecule has 6 heteroatoms. The number of nitrogens with zero attached hydrogens (tertiary/aromatic N) is 1. The molecular formula is C14H14ClN3OS. The quantitative estimate of drug-likeness (QED) is 0.845. The Bertz CT molecular complexity index is 592. The Kier molecular flexibility index (Phi) is 5.26. The average molecular weight is 308 g/mol. The van der Waals surface area contributed by atoms with Gasteiger partial charge in [-0.3, -0.25) is 4.98 Å². The third kappa shape index (κ3) is 4.15. The van der Waals surface area contributed by atoms with Gasteiger partial charge in [0, 0.05) is 16.8 Å². The van der Waals surface area contributed by atoms with Crippen LogP contribution < -0.4 is 10.6 Å². The van der Waals surface area contributed by atoms with E-state index in [0.29, 0.717) is 17.3 Å². The molecule has 0 bridgehead atoms. The predicted octanol–water partition coefficient (Wildman–Crippen LogP) is 3.78. The largest absolute Gasteiger partial charge is 0.332 e. The van der Waals surface area contributed by atoms with Crippen molar-refractivity contribution in [1.82, 2.24) is 10.3 Å². The van der Waals surface area contributed by atoms with Crippen LogP contribution in [0.3, 0.4) is 0 Å². The molecule has 2 rings (SSSR count). The highest BCUT2D eigenvalue weighted by Gasteiger charge is 2.05. The summed E-state index contributed by atoms with van der Waals surface area (Å²) < 4.78 is 0. The fraction of sp³-hybridized carbons (Fsp3) is 0.143. The van der Waals surface area contributed by atoms with E-state index < -0.39 is 0 Å². The smallest absolute Gasteiger partial charge is 0.319 e. The second-order valence-corrected chi connectivity index (χ2v) is 5.23. The van der Waals surface area contributed by atoms with Crippen LogP contribution in [0.2, 0.25) is 5.02 Å². The second-order valence-electron chi connectivity index (χ2n) is 3.98. The van der Waals surface area contributed by atoms with E-state index in [-0.39, 0.29) is 6.03 Å². The molecule has 1 aromatic carbocycles. The lowest BCUT2D eigenvalue weighted by Gasteiger charge is -2.08. The number of hydrogen-bond acceptors (Lipinski definition) is 3. The van der Waals surface area contributed by atoms with E-state index in [0.717, 1.165) is 10.6 Å². The fourth-order valence-electron chi connectivity index (χ4n) is 1.59. The molecule has 0 saturated carbocycles. The minimum Gasteiger partial charge on any atom is -0.332 e. The van der Waals surface area contributed by atoms with Crippen LogP contribution in [0.25, 0.3) is 0 Å². The van der Waals surface area contributed by atoms with Gasteiger partial charge in [0.2, 0.25) is 0 Å². The third-order valence-corrected chi connectivity index (χ3v) is 3.79. The van der Waals surface area contributed by atoms with E-state index in [1.165, 1.54) is 0 Å². The number of aromatic nitrogens is 1. The van der Waals surface area contributed by atoms with E-state index in [4.69, 9.17) is 11.6 Å². The van der Waals surface area contributed by atoms with Gasteiger partial charge in [-0.15, -0.1) is 11.8 Å². The van der Waals surface area contributed by atoms with Gasteiger partial charge in [-0.05, 0) is 36.6 Å². The van der Waals surface area contributed by atoms with Crippen LogP contribution in [0.1, 0.15) is 5.69 Å². The molecule has 20 heavy (non-hydrogen) atoms. The summed E-state index contributed by atoms with van der Waals surface area (Å²) in [6, 6.07) is 10.7. The number of benzene rings is 1. The lowest BCUT2D eigenvalue weighted by Crippen LogP contribution is -2.28. The highest BCUT2D eigenvalue weighted by atomic mass is 35.5. The number of rotatable bonds is 4. The number of urea groups is 1. The van der Waals surface area contributed by atoms with E-state index in [9.17, 15) is 4.79 Å². The van der Waals surface area contributed by atoms with E-state index in [1.54, 1.807) is 24.0 Å². The average Bonchev–Trinajstić information content (AvgIpc) is 2.46. The SMILES string of the molecule is CSc1ccc(NC(=O)NCc2ccccn2)cc1Cl. The van der Waals surface area contributed by atoms with Gasteiger partial charge in [0.1, 0.15) is 0 Å². The van der Waals surface area contributed by atoms with Crippen LogP contribution in [0.4, 0.5) is 10.5 Å². The highest BCUT2D eigenvalue weighted by molar-refractivity contribution is 7.98. The van der Waals surface area contributed by atoms with Crippen molar-refractivity contribution in [3.05, 3.63) is 53.3 Å². The van der Waals surface area contributed by atoms with Crippen molar-refractivity contribution in [2.24, 2.45) is 0 Å². The number of amides is 2. The number of anilines is 1. The molecule has 104 valence electrons. The topological polar surface area (TPSA) is 54.0 Å². The van der Waals surface area contributed by atoms with E-state index in [1.807, 2.05) is 36.6 Å². The van der Waals surface area contributed by atoms with Crippen molar-refractivity contribution in [2.75, 3.05) is 11.6 Å². The number of carbonyl (C=O) groups excluding carboxylic acids is 1. The number of pyridine rings is 1. The van der Waals surface area contributed by atoms with Crippen molar-refractivity contribution in [3.63, 3.8) is 0 Å². The van der Waals surface area contributed by atoms with Crippen LogP contribution >= 0.6 is 23.4 Å². The molecule has 2 amide bonds. The maximum absolute atomic E-state index is 11.8. The minimum absolute atomic E-state index is 0.288. The van der Waals surface area contributed by atoms with Crippen molar-refractivity contribution < 1.29 is 4.79 Å². The van der Waals surface area contributed by atoms with Gasteiger partial charge in [0.25, 0.3) is 0 Å². The van der Waals surface area contributed by atoms with Crippen LogP contribution in [-0.2, 0) is 6.54 Å². The molecule has 0 aliphatic carbocycles. The zero-order chi connectivity index (χ0) is 14.4. The first-order chi connectivity index (χ1) is 9.69. The van der Waals surface area contributed by atoms with Crippen LogP contribution in [0, 0.1) is 0 Å². The van der Waals surface area contributed by atoms with Crippen LogP contribution in [0.15, 0.2) is 47.5 Å². The number of thioether (sulfide) groups is 1. The van der Waals surface area contributed by atoms with Gasteiger partial charge in [0.05, 0.1) is 17.3 Å². The van der Waals surface area contributed by atoms with Gasteiger partial charge in [-0.1, -0.05) is 17.7 Å². The lowest BCUT2D eigenvalue weighted by molar-refractivity contribution is 0.251. The molecule has 2 N–H and O–H groups in total. The zero-order valence-electron chi connectivity index (χ0n) is 10.9. The minimum atomic E-state index is -0.288. The van der Waals surface area contributed by atoms with E-state index in [2.05, 4.69) is 15.6 Å². The molecule has 0 saturated heterocycles. The summed E-state index contributed by atoms with van der Waals surface area (Å²) in [5.41, 5.74) is 1.46. The van der Waals surface area contributed by atoms with Crippen LogP contribution in [-0.4, -0.2) is 17.3 Å². The third-order valence-electron chi connectivity index (χ3n) is 2.57. The summed E-state index contributed by atoms with van der Waals surface area (Å²) in [6.07, 6.45) is 3.64. The Morgan fingerprint density at radius 2 is 2.20 bits per heavy atom. The van der Waals surface area contributed by atoms with Crippen molar-refractivity contribution in [1.29, 1.82) is 0 Å². The highest BCUT2D eigenvalue weighted by Crippen LogP contribution is 2.27. The Morgan fingerprint density at radius 3 is 2.85 bits per heavy atom. The van der Waals surface area contributed by atoms with Gasteiger partial charge >= 0.3 is 6.03 Å². The molecular weight excluding hydrogens is 294 g/mol. The van der Waals surface area contributed by atoms with Crippen molar-refractivity contribution in [3.8, 4) is 0 Å². The van der Waals surface area contributed by atoms with Crippen LogP contribution in [0.5, 0.6) is 0 Å². The normalized spacial score (nSPS) is 10.1. The maximum Gasteiger partial charge on any atom is 0.319 e. The molecule has 4 nitrogen and oxygen atoms in total. The first-order valence-electron chi connectivity index (χ1n) is 5.97. The number of hydrogen-bond donors (Lipinski definition) is 2. The first kappa shape index (κ1) is 14.7. The summed E-state index contributed by atoms with van der Waals surface area (Å²) in [5.74, 6) is 0. The second kappa shape index (κ2) is 7.17. The standard InChI is InChI=1S/C14H14ClN3OS/c1-20-13-6-5-10(8-12(13)15)18-14(19)17-9-11-4-2-3-7-16-11/h2-8H,9H2,1H3,(H2,17,18,19). The maximum atomic E-state index is 11.8. The Labute approximate surface area is 126 Å². The Morgan fingerprint density at radius 1 is 1.35 bits per heavy atom. The summed E-state index contributed by atoms with van der Waals surface area (Å²) in [5, 5.41) is 6.09. The first-order valence-corrected chi connectivity index (χ1v) is 7.57. The number of carbonyl (C=O) groups is 1. The fourth-order valence-corrected chi connectivity index (χ4v) is 2.46. The molecule has 0 aliphatic heterocycles. The zero-order valence-corrected chi connectivity index (χ0v) is 12.5. The molecule has 0 spiro atoms. The molecule has 1 heterocycles. The monoisotopic (exact) mass is 307 g/mol. The van der Waals surface area contributed by atoms with Crippen molar-refractivity contribution >= 4 is 35.1 Å². The van der Waals surface area contributed by atoms with Gasteiger partial charge in [0.15, 0.2) is 0 Å². The molecule has 0 fully saturated rings. The summed E-state index contributed by atoms with van der Waals surface area (Å²) >= 11 is 7.65. The number of nitrogens with one attached hydrogen (secondary N) is 2. The Hall–Kier alpha value is -1.72. The molecule has 0 aliphatic rings. The molecule has 0 unspecified atom stereocenters. The number of halogens is 1. The Balaban J connectivity index is 1.90. The molecule has 1 aromatic heterocycles. The van der Waals surface area contributed by atoms with E-state index >= 15 is 0 Å². The predicted molar refractivity (Wildman–Crippen MR) is 83.3 cm³/mol. The van der Waals surface area contributed by atoms with Crippen molar-refractivity contribution in [2.45, 2.75) is 11.4 Å². The lowest BCUT2D eigenvalue weighted by atomic mass is 10.3. The van der Waals surface area contributed by atoms with Gasteiger partial charge < -0.3 is 10.6 Å². The molecule has 2 aromatic rings. The van der Waals surface area contributed by atoms with Gasteiger partial charge in [-0.2, -0.15) is 0 Å². The summed E-state index contributed by atoms with van der Waals surface area (Å²) in [7, 11) is 0. The summed E-state index contributed by atoms with van der Waals surface area (Å²) in [4.78, 5) is 16.9. The molecule has 0 atom stereocenters. The van der Waals surface area contributed by atoms with Gasteiger partial charge in [-0.25, -0.2) is 4.79 Å². The molecule has 0 radical (unpaired) electrons. The summed E-state index contributed by atoms with van der Waals surface area (Å²) in [6.45, 7) is 0.378.